The van der Waals surface area contributed by atoms with E-state index in [4.69, 9.17) is 9.16 Å². The van der Waals surface area contributed by atoms with E-state index in [1.165, 1.54) is 26.0 Å². The van der Waals surface area contributed by atoms with Crippen molar-refractivity contribution >= 4 is 33.8 Å². The zero-order valence-corrected chi connectivity index (χ0v) is 17.6. The number of ketones is 1. The average Bonchev–Trinajstić information content (AvgIpc) is 2.91. The highest BCUT2D eigenvalue weighted by Gasteiger charge is 2.40. The van der Waals surface area contributed by atoms with Gasteiger partial charge in [0.25, 0.3) is 14.7 Å². The second kappa shape index (κ2) is 8.01. The molecule has 0 aliphatic heterocycles. The predicted molar refractivity (Wildman–Crippen MR) is 97.2 cm³/mol. The summed E-state index contributed by atoms with van der Waals surface area (Å²) >= 11 is 0. The number of allylic oxidation sites excluding steroid dienone is 1. The topological polar surface area (TPSA) is 100 Å². The quantitative estimate of drug-likeness (QED) is 0.318. The fourth-order valence-corrected chi connectivity index (χ4v) is 2.73. The molecule has 0 radical (unpaired) electrons. The van der Waals surface area contributed by atoms with Gasteiger partial charge in [-0.2, -0.15) is 4.68 Å². The van der Waals surface area contributed by atoms with Gasteiger partial charge in [0.1, 0.15) is 13.0 Å². The smallest absolute Gasteiger partial charge is 0.439 e. The van der Waals surface area contributed by atoms with E-state index in [-0.39, 0.29) is 28.8 Å². The van der Waals surface area contributed by atoms with Crippen LogP contribution in [0.3, 0.4) is 0 Å². The summed E-state index contributed by atoms with van der Waals surface area (Å²) in [4.78, 5) is 27.4. The van der Waals surface area contributed by atoms with Gasteiger partial charge in [0.2, 0.25) is 5.82 Å². The van der Waals surface area contributed by atoms with Gasteiger partial charge in [0.05, 0.1) is 0 Å². The number of hydrogen-bond acceptors (Lipinski definition) is 7. The Morgan fingerprint density at radius 2 is 1.96 bits per heavy atom. The van der Waals surface area contributed by atoms with Crippen LogP contribution in [0.25, 0.3) is 5.76 Å². The number of nitrogens with zero attached hydrogens (tertiary/aromatic N) is 3. The van der Waals surface area contributed by atoms with E-state index in [2.05, 4.69) is 30.9 Å². The zero-order chi connectivity index (χ0) is 19.4. The molecule has 1 rings (SSSR count). The van der Waals surface area contributed by atoms with Crippen LogP contribution in [0.5, 0.6) is 0 Å². The summed E-state index contributed by atoms with van der Waals surface area (Å²) in [5.41, 5.74) is 0. The fourth-order valence-electron chi connectivity index (χ4n) is 1.43. The van der Waals surface area contributed by atoms with Crippen LogP contribution in [-0.4, -0.2) is 48.0 Å². The summed E-state index contributed by atoms with van der Waals surface area (Å²) in [5, 5.41) is 3.93. The Labute approximate surface area is 149 Å². The molecule has 1 atom stereocenters. The minimum absolute atomic E-state index is 0.0865. The first-order valence-corrected chi connectivity index (χ1v) is 12.5. The Balaban J connectivity index is 3.09. The molecule has 0 saturated carbocycles. The second-order valence-electron chi connectivity index (χ2n) is 7.16. The van der Waals surface area contributed by atoms with Crippen LogP contribution in [0.4, 0.5) is 4.79 Å². The van der Waals surface area contributed by atoms with Crippen LogP contribution in [0.15, 0.2) is 12.4 Å². The van der Waals surface area contributed by atoms with Gasteiger partial charge in [-0.3, -0.25) is 4.79 Å². The highest BCUT2D eigenvalue weighted by Crippen LogP contribution is 2.39. The number of ether oxygens (including phenoxy) is 1. The van der Waals surface area contributed by atoms with Gasteiger partial charge in [-0.25, -0.2) is 9.78 Å². The normalized spacial score (nSPS) is 13.4. The lowest BCUT2D eigenvalue weighted by molar-refractivity contribution is -0.112. The summed E-state index contributed by atoms with van der Waals surface area (Å²) in [6.07, 6.45) is 1.50. The summed E-state index contributed by atoms with van der Waals surface area (Å²) in [5.74, 6) is 0.140. The van der Waals surface area contributed by atoms with Crippen molar-refractivity contribution in [1.29, 1.82) is 0 Å². The molecular weight excluding hydrogens is 361 g/mol. The molecule has 1 aromatic heterocycles. The molecule has 0 aliphatic carbocycles. The number of carbonyl (C=O) groups is 2. The molecule has 0 fully saturated rings. The molecule has 0 saturated heterocycles. The maximum absolute atomic E-state index is 11.8. The molecule has 0 spiro atoms. The molecule has 1 aromatic rings. The lowest BCUT2D eigenvalue weighted by Gasteiger charge is -2.36. The second-order valence-corrected chi connectivity index (χ2v) is 13.4. The molecule has 0 bridgehead atoms. The number of aromatic nitrogens is 3. The first kappa shape index (κ1) is 21.2. The van der Waals surface area contributed by atoms with E-state index in [1.54, 1.807) is 0 Å². The Morgan fingerprint density at radius 3 is 2.44 bits per heavy atom. The third-order valence-electron chi connectivity index (χ3n) is 3.77. The van der Waals surface area contributed by atoms with E-state index < -0.39 is 22.2 Å². The fraction of sp³-hybridized carbons (Fsp3) is 0.600. The van der Waals surface area contributed by atoms with Crippen molar-refractivity contribution in [3.63, 3.8) is 0 Å². The minimum atomic E-state index is -2.23. The maximum Gasteiger partial charge on any atom is 0.439 e. The molecule has 1 unspecified atom stereocenters. The Bertz CT molecular complexity index is 706. The van der Waals surface area contributed by atoms with Gasteiger partial charge in [0.15, 0.2) is 11.5 Å². The predicted octanol–water partition coefficient (Wildman–Crippen LogP) is 3.63. The van der Waals surface area contributed by atoms with Gasteiger partial charge in [-0.15, -0.1) is 5.10 Å². The lowest BCUT2D eigenvalue weighted by atomic mass is 10.2. The van der Waals surface area contributed by atoms with Crippen LogP contribution in [0.1, 0.15) is 33.5 Å². The van der Waals surface area contributed by atoms with Crippen molar-refractivity contribution in [2.45, 2.75) is 45.8 Å². The summed E-state index contributed by atoms with van der Waals surface area (Å²) in [6, 6.07) is 0. The van der Waals surface area contributed by atoms with E-state index >= 15 is 0 Å². The molecular formula is C15H25N3O5PSi+. The molecule has 25 heavy (non-hydrogen) atoms. The molecule has 8 nitrogen and oxygen atoms in total. The van der Waals surface area contributed by atoms with Crippen LogP contribution in [-0.2, 0) is 18.5 Å². The lowest BCUT2D eigenvalue weighted by Crippen LogP contribution is -2.40. The Kier molecular flexibility index (Phi) is 6.79. The number of rotatable bonds is 6. The summed E-state index contributed by atoms with van der Waals surface area (Å²) in [7, 11) is -3.83. The van der Waals surface area contributed by atoms with Crippen LogP contribution in [0.2, 0.25) is 18.1 Å². The van der Waals surface area contributed by atoms with Gasteiger partial charge in [-0.05, 0) is 25.1 Å². The van der Waals surface area contributed by atoms with Crippen molar-refractivity contribution in [1.82, 2.24) is 14.8 Å². The van der Waals surface area contributed by atoms with Crippen molar-refractivity contribution in [3.05, 3.63) is 18.2 Å². The first-order valence-electron chi connectivity index (χ1n) is 7.72. The molecule has 0 aliphatic rings. The molecule has 138 valence electrons. The van der Waals surface area contributed by atoms with Crippen LogP contribution >= 0.6 is 7.80 Å². The van der Waals surface area contributed by atoms with Crippen LogP contribution in [0, 0.1) is 0 Å². The highest BCUT2D eigenvalue weighted by molar-refractivity contribution is 7.43. The average molecular weight is 386 g/mol. The van der Waals surface area contributed by atoms with Crippen molar-refractivity contribution < 1.29 is 23.3 Å². The molecule has 0 amide bonds. The van der Waals surface area contributed by atoms with E-state index in [0.717, 1.165) is 4.68 Å². The SMILES string of the molecule is CC(=O)C=C(O[Si](C)(C)C(C)(C)C)c1ncn(C(=O)OC[P+](C)=O)n1. The van der Waals surface area contributed by atoms with Crippen LogP contribution < -0.4 is 0 Å². The molecule has 0 aromatic carbocycles. The third-order valence-corrected chi connectivity index (χ3v) is 8.61. The maximum atomic E-state index is 11.8. The largest absolute Gasteiger partial charge is 0.541 e. The summed E-state index contributed by atoms with van der Waals surface area (Å²) in [6.45, 7) is 13.1. The van der Waals surface area contributed by atoms with Crippen molar-refractivity contribution in [3.8, 4) is 0 Å². The van der Waals surface area contributed by atoms with Crippen molar-refractivity contribution in [2.24, 2.45) is 0 Å². The molecule has 0 N–H and O–H groups in total. The number of hydrogen-bond donors (Lipinski definition) is 0. The monoisotopic (exact) mass is 386 g/mol. The van der Waals surface area contributed by atoms with E-state index in [1.807, 2.05) is 13.1 Å². The third kappa shape index (κ3) is 6.17. The van der Waals surface area contributed by atoms with Gasteiger partial charge in [-0.1, -0.05) is 25.3 Å². The van der Waals surface area contributed by atoms with Gasteiger partial charge < -0.3 is 9.16 Å². The van der Waals surface area contributed by atoms with E-state index in [9.17, 15) is 14.2 Å². The standard InChI is InChI=1S/C15H25N3O5PSi/c1-11(19)8-12(23-25(6,7)15(2,3)4)13-16-9-18(17-13)14(20)22-10-24(5)21/h8-9H,10H2,1-7H3/q+1. The molecule has 1 heterocycles. The first-order chi connectivity index (χ1) is 11.3. The molecule has 10 heteroatoms. The highest BCUT2D eigenvalue weighted by atomic mass is 31.1. The Morgan fingerprint density at radius 1 is 1.36 bits per heavy atom. The van der Waals surface area contributed by atoms with E-state index in [0.29, 0.717) is 0 Å². The van der Waals surface area contributed by atoms with Crippen molar-refractivity contribution in [2.75, 3.05) is 13.0 Å². The van der Waals surface area contributed by atoms with Gasteiger partial charge in [0, 0.05) is 6.08 Å². The Hall–Kier alpha value is -1.86. The minimum Gasteiger partial charge on any atom is -0.541 e. The zero-order valence-electron chi connectivity index (χ0n) is 15.7. The summed E-state index contributed by atoms with van der Waals surface area (Å²) < 4.78 is 22.9. The van der Waals surface area contributed by atoms with Gasteiger partial charge >= 0.3 is 13.9 Å². The number of carbonyl (C=O) groups excluding carboxylic acids is 2.